The standard InChI is InChI=1S/C15H23N3O2/c1-11(2)17-7-9-18(10-8-17)13-5-3-12(4-6-13)14(16)15(19)20/h3-6,11,14H,7-10,16H2,1-2H3,(H,19,20). The number of carboxylic acids is 1. The van der Waals surface area contributed by atoms with Crippen molar-refractivity contribution >= 4 is 11.7 Å². The van der Waals surface area contributed by atoms with Crippen molar-refractivity contribution in [1.82, 2.24) is 4.90 Å². The molecule has 1 heterocycles. The number of carboxylic acid groups (broad SMARTS) is 1. The third kappa shape index (κ3) is 3.29. The number of rotatable bonds is 4. The molecule has 3 N–H and O–H groups in total. The lowest BCUT2D eigenvalue weighted by atomic mass is 10.1. The second kappa shape index (κ2) is 6.24. The Hall–Kier alpha value is -1.59. The van der Waals surface area contributed by atoms with Crippen LogP contribution in [0.1, 0.15) is 25.5 Å². The molecule has 0 aromatic heterocycles. The molecule has 20 heavy (non-hydrogen) atoms. The average molecular weight is 277 g/mol. The van der Waals surface area contributed by atoms with Crippen LogP contribution in [0.5, 0.6) is 0 Å². The van der Waals surface area contributed by atoms with Crippen LogP contribution in [0.2, 0.25) is 0 Å². The van der Waals surface area contributed by atoms with Crippen LogP contribution in [0.4, 0.5) is 5.69 Å². The fourth-order valence-corrected chi connectivity index (χ4v) is 2.53. The van der Waals surface area contributed by atoms with Crippen molar-refractivity contribution in [2.75, 3.05) is 31.1 Å². The molecule has 1 fully saturated rings. The Morgan fingerprint density at radius 1 is 1.15 bits per heavy atom. The number of nitrogens with zero attached hydrogens (tertiary/aromatic N) is 2. The maximum absolute atomic E-state index is 10.8. The number of benzene rings is 1. The molecule has 1 aliphatic rings. The van der Waals surface area contributed by atoms with Gasteiger partial charge in [0.05, 0.1) is 0 Å². The molecule has 110 valence electrons. The number of piperazine rings is 1. The smallest absolute Gasteiger partial charge is 0.325 e. The monoisotopic (exact) mass is 277 g/mol. The third-order valence-corrected chi connectivity index (χ3v) is 3.93. The zero-order chi connectivity index (χ0) is 14.7. The van der Waals surface area contributed by atoms with Gasteiger partial charge in [0.25, 0.3) is 0 Å². The van der Waals surface area contributed by atoms with Crippen molar-refractivity contribution in [3.05, 3.63) is 29.8 Å². The van der Waals surface area contributed by atoms with Gasteiger partial charge in [0.1, 0.15) is 6.04 Å². The quantitative estimate of drug-likeness (QED) is 0.868. The Labute approximate surface area is 120 Å². The Bertz CT molecular complexity index is 451. The van der Waals surface area contributed by atoms with E-state index >= 15 is 0 Å². The number of aliphatic carboxylic acids is 1. The highest BCUT2D eigenvalue weighted by Crippen LogP contribution is 2.20. The first kappa shape index (κ1) is 14.8. The molecule has 0 radical (unpaired) electrons. The first-order chi connectivity index (χ1) is 9.49. The molecular formula is C15H23N3O2. The second-order valence-electron chi connectivity index (χ2n) is 5.52. The minimum Gasteiger partial charge on any atom is -0.480 e. The van der Waals surface area contributed by atoms with E-state index in [-0.39, 0.29) is 0 Å². The van der Waals surface area contributed by atoms with Gasteiger partial charge in [-0.25, -0.2) is 0 Å². The van der Waals surface area contributed by atoms with Crippen LogP contribution in [0.3, 0.4) is 0 Å². The summed E-state index contributed by atoms with van der Waals surface area (Å²) in [6, 6.07) is 7.19. The minimum absolute atomic E-state index is 0.591. The predicted octanol–water partition coefficient (Wildman–Crippen LogP) is 1.30. The highest BCUT2D eigenvalue weighted by atomic mass is 16.4. The molecule has 1 aromatic rings. The van der Waals surface area contributed by atoms with E-state index in [9.17, 15) is 4.79 Å². The van der Waals surface area contributed by atoms with Gasteiger partial charge in [-0.15, -0.1) is 0 Å². The van der Waals surface area contributed by atoms with Crippen LogP contribution in [-0.2, 0) is 4.79 Å². The van der Waals surface area contributed by atoms with Gasteiger partial charge >= 0.3 is 5.97 Å². The minimum atomic E-state index is -0.997. The van der Waals surface area contributed by atoms with E-state index in [1.54, 1.807) is 0 Å². The summed E-state index contributed by atoms with van der Waals surface area (Å²) >= 11 is 0. The van der Waals surface area contributed by atoms with E-state index in [2.05, 4.69) is 23.6 Å². The van der Waals surface area contributed by atoms with Gasteiger partial charge in [-0.05, 0) is 31.5 Å². The maximum Gasteiger partial charge on any atom is 0.325 e. The molecule has 5 heteroatoms. The second-order valence-corrected chi connectivity index (χ2v) is 5.52. The lowest BCUT2D eigenvalue weighted by Gasteiger charge is -2.38. The summed E-state index contributed by atoms with van der Waals surface area (Å²) in [6.45, 7) is 8.57. The Morgan fingerprint density at radius 3 is 2.15 bits per heavy atom. The van der Waals surface area contributed by atoms with Crippen LogP contribution in [0.25, 0.3) is 0 Å². The predicted molar refractivity (Wildman–Crippen MR) is 79.9 cm³/mol. The summed E-state index contributed by atoms with van der Waals surface area (Å²) in [5.41, 5.74) is 7.37. The van der Waals surface area contributed by atoms with E-state index in [4.69, 9.17) is 10.8 Å². The van der Waals surface area contributed by atoms with Gasteiger partial charge in [0.15, 0.2) is 0 Å². The maximum atomic E-state index is 10.8. The van der Waals surface area contributed by atoms with Gasteiger partial charge in [0.2, 0.25) is 0 Å². The van der Waals surface area contributed by atoms with Crippen molar-refractivity contribution in [2.24, 2.45) is 5.73 Å². The first-order valence-electron chi connectivity index (χ1n) is 7.06. The zero-order valence-electron chi connectivity index (χ0n) is 12.1. The number of hydrogen-bond acceptors (Lipinski definition) is 4. The molecule has 5 nitrogen and oxygen atoms in total. The molecule has 1 unspecified atom stereocenters. The number of anilines is 1. The van der Waals surface area contributed by atoms with Crippen LogP contribution in [0.15, 0.2) is 24.3 Å². The summed E-state index contributed by atoms with van der Waals surface area (Å²) in [7, 11) is 0. The Balaban J connectivity index is 1.99. The normalized spacial score (nSPS) is 18.3. The fourth-order valence-electron chi connectivity index (χ4n) is 2.53. The molecule has 1 aromatic carbocycles. The SMILES string of the molecule is CC(C)N1CCN(c2ccc(C(N)C(=O)O)cc2)CC1. The molecule has 0 amide bonds. The number of hydrogen-bond donors (Lipinski definition) is 2. The molecule has 2 rings (SSSR count). The molecule has 0 saturated carbocycles. The molecule has 0 spiro atoms. The molecule has 0 aliphatic carbocycles. The fraction of sp³-hybridized carbons (Fsp3) is 0.533. The average Bonchev–Trinajstić information content (AvgIpc) is 2.46. The topological polar surface area (TPSA) is 69.8 Å². The van der Waals surface area contributed by atoms with Gasteiger partial charge in [0, 0.05) is 37.9 Å². The third-order valence-electron chi connectivity index (χ3n) is 3.93. The largest absolute Gasteiger partial charge is 0.480 e. The van der Waals surface area contributed by atoms with Crippen molar-refractivity contribution < 1.29 is 9.90 Å². The van der Waals surface area contributed by atoms with Crippen molar-refractivity contribution in [2.45, 2.75) is 25.9 Å². The summed E-state index contributed by atoms with van der Waals surface area (Å²) in [5.74, 6) is -0.997. The number of carbonyl (C=O) groups is 1. The Kier molecular flexibility index (Phi) is 4.62. The van der Waals surface area contributed by atoms with Crippen LogP contribution in [-0.4, -0.2) is 48.2 Å². The van der Waals surface area contributed by atoms with Crippen molar-refractivity contribution in [1.29, 1.82) is 0 Å². The van der Waals surface area contributed by atoms with Gasteiger partial charge in [-0.1, -0.05) is 12.1 Å². The van der Waals surface area contributed by atoms with Crippen LogP contribution < -0.4 is 10.6 Å². The van der Waals surface area contributed by atoms with E-state index in [1.165, 1.54) is 0 Å². The zero-order valence-corrected chi connectivity index (χ0v) is 12.1. The lowest BCUT2D eigenvalue weighted by Crippen LogP contribution is -2.48. The summed E-state index contributed by atoms with van der Waals surface area (Å²) in [6.07, 6.45) is 0. The summed E-state index contributed by atoms with van der Waals surface area (Å²) in [5, 5.41) is 8.89. The molecular weight excluding hydrogens is 254 g/mol. The van der Waals surface area contributed by atoms with E-state index < -0.39 is 12.0 Å². The van der Waals surface area contributed by atoms with Crippen LogP contribution in [0, 0.1) is 0 Å². The first-order valence-corrected chi connectivity index (χ1v) is 7.06. The van der Waals surface area contributed by atoms with E-state index in [0.29, 0.717) is 11.6 Å². The highest BCUT2D eigenvalue weighted by molar-refractivity contribution is 5.75. The van der Waals surface area contributed by atoms with Gasteiger partial charge < -0.3 is 15.7 Å². The van der Waals surface area contributed by atoms with E-state index in [1.807, 2.05) is 24.3 Å². The molecule has 1 atom stereocenters. The highest BCUT2D eigenvalue weighted by Gasteiger charge is 2.19. The summed E-state index contributed by atoms with van der Waals surface area (Å²) < 4.78 is 0. The van der Waals surface area contributed by atoms with Gasteiger partial charge in [-0.2, -0.15) is 0 Å². The van der Waals surface area contributed by atoms with Crippen LogP contribution >= 0.6 is 0 Å². The number of nitrogens with two attached hydrogens (primary N) is 1. The lowest BCUT2D eigenvalue weighted by molar-refractivity contribution is -0.138. The van der Waals surface area contributed by atoms with Gasteiger partial charge in [-0.3, -0.25) is 9.69 Å². The molecule has 0 bridgehead atoms. The van der Waals surface area contributed by atoms with Crippen molar-refractivity contribution in [3.63, 3.8) is 0 Å². The Morgan fingerprint density at radius 2 is 1.70 bits per heavy atom. The van der Waals surface area contributed by atoms with Crippen molar-refractivity contribution in [3.8, 4) is 0 Å². The molecule has 1 aliphatic heterocycles. The summed E-state index contributed by atoms with van der Waals surface area (Å²) in [4.78, 5) is 15.6. The molecule has 1 saturated heterocycles. The van der Waals surface area contributed by atoms with E-state index in [0.717, 1.165) is 31.9 Å².